The molecule has 0 bridgehead atoms. The Labute approximate surface area is 333 Å². The Balaban J connectivity index is 1.75. The van der Waals surface area contributed by atoms with Crippen molar-refractivity contribution in [2.24, 2.45) is 17.8 Å². The molecule has 0 saturated carbocycles. The van der Waals surface area contributed by atoms with E-state index < -0.39 is 78.0 Å². The summed E-state index contributed by atoms with van der Waals surface area (Å²) in [7, 11) is 5.56. The Bertz CT molecular complexity index is 1560. The molecule has 2 aromatic rings. The van der Waals surface area contributed by atoms with E-state index in [1.165, 1.54) is 6.92 Å². The highest BCUT2D eigenvalue weighted by Crippen LogP contribution is 2.38. The van der Waals surface area contributed by atoms with Gasteiger partial charge in [-0.15, -0.1) is 0 Å². The number of carbonyl (C=O) groups excluding carboxylic acids is 2. The highest BCUT2D eigenvalue weighted by molar-refractivity contribution is 5.85. The first-order valence-electron chi connectivity index (χ1n) is 20.0. The van der Waals surface area contributed by atoms with Crippen LogP contribution >= 0.6 is 0 Å². The Kier molecular flexibility index (Phi) is 15.5. The predicted octanol–water partition coefficient (Wildman–Crippen LogP) is 4.90. The van der Waals surface area contributed by atoms with Gasteiger partial charge in [-0.2, -0.15) is 0 Å². The van der Waals surface area contributed by atoms with Gasteiger partial charge >= 0.3 is 12.1 Å². The van der Waals surface area contributed by atoms with E-state index in [0.717, 1.165) is 11.1 Å². The minimum Gasteiger partial charge on any atom is -0.459 e. The van der Waals surface area contributed by atoms with Gasteiger partial charge in [-0.05, 0) is 104 Å². The molecule has 13 nitrogen and oxygen atoms in total. The van der Waals surface area contributed by atoms with Gasteiger partial charge in [-0.3, -0.25) is 10.1 Å². The molecule has 314 valence electrons. The average molecular weight is 786 g/mol. The van der Waals surface area contributed by atoms with Crippen LogP contribution in [0.25, 0.3) is 11.1 Å². The van der Waals surface area contributed by atoms with Crippen molar-refractivity contribution < 1.29 is 49.0 Å². The number of benzene rings is 2. The van der Waals surface area contributed by atoms with E-state index in [1.54, 1.807) is 46.8 Å². The number of hydrogen-bond acceptors (Lipinski definition) is 12. The maximum Gasteiger partial charge on any atom is 0.411 e. The highest BCUT2D eigenvalue weighted by Gasteiger charge is 2.51. The van der Waals surface area contributed by atoms with Crippen molar-refractivity contribution in [3.05, 3.63) is 54.6 Å². The first-order chi connectivity index (χ1) is 26.2. The number of amides is 1. The fourth-order valence-electron chi connectivity index (χ4n) is 8.58. The summed E-state index contributed by atoms with van der Waals surface area (Å²) in [5.74, 6) is -2.99. The van der Waals surface area contributed by atoms with Gasteiger partial charge in [0.1, 0.15) is 30.0 Å². The number of rotatable bonds is 7. The van der Waals surface area contributed by atoms with E-state index in [-0.39, 0.29) is 30.9 Å². The van der Waals surface area contributed by atoms with E-state index in [2.05, 4.69) is 5.32 Å². The molecule has 0 radical (unpaired) electrons. The number of esters is 1. The van der Waals surface area contributed by atoms with Gasteiger partial charge in [-0.25, -0.2) is 4.79 Å². The second-order valence-electron chi connectivity index (χ2n) is 17.1. The number of anilines is 1. The summed E-state index contributed by atoms with van der Waals surface area (Å²) in [5, 5.41) is 50.0. The van der Waals surface area contributed by atoms with Crippen molar-refractivity contribution in [1.82, 2.24) is 9.80 Å². The summed E-state index contributed by atoms with van der Waals surface area (Å²) < 4.78 is 24.9. The molecule has 56 heavy (non-hydrogen) atoms. The van der Waals surface area contributed by atoms with E-state index in [4.69, 9.17) is 18.9 Å². The van der Waals surface area contributed by atoms with Crippen LogP contribution in [0.3, 0.4) is 0 Å². The fraction of sp³-hybridized carbons (Fsp3) is 0.674. The number of likely N-dealkylation sites (N-methyl/N-ethyl adjacent to an activating group) is 2. The zero-order valence-corrected chi connectivity index (χ0v) is 35.1. The third-order valence-corrected chi connectivity index (χ3v) is 11.9. The van der Waals surface area contributed by atoms with E-state index in [9.17, 15) is 30.0 Å². The lowest BCUT2D eigenvalue weighted by molar-refractivity contribution is -0.299. The lowest BCUT2D eigenvalue weighted by atomic mass is 9.77. The zero-order chi connectivity index (χ0) is 41.7. The SMILES string of the molecule is CC[C@H]1OC(=O)[C@H](C)[C@@H](OC(=O)Nc2ccc(-c3ccccc3)cc2)[C@H](C)[C@@H](O[C@@H]2O[C@H](C)C[C@H](N(C)C)[C@H]2O)[C@](C)(O)C[C@@H](C)CN(C)[C@H](C)[C@@H](O)[C@]1(C)O. The van der Waals surface area contributed by atoms with Gasteiger partial charge in [0.15, 0.2) is 6.29 Å². The van der Waals surface area contributed by atoms with Crippen LogP contribution in [-0.4, -0.2) is 136 Å². The van der Waals surface area contributed by atoms with Gasteiger partial charge < -0.3 is 49.2 Å². The maximum absolute atomic E-state index is 14.1. The Morgan fingerprint density at radius 2 is 1.59 bits per heavy atom. The third kappa shape index (κ3) is 10.9. The van der Waals surface area contributed by atoms with Gasteiger partial charge in [0.25, 0.3) is 0 Å². The lowest BCUT2D eigenvalue weighted by Crippen LogP contribution is -2.59. The standard InChI is InChI=1S/C43H67N3O10/c1-12-34-43(8,52)37(48)29(6)46(11)24-25(2)23-42(7,51)38(56-40-35(47)33(45(9)10)22-26(3)53-40)27(4)36(28(5)39(49)54-34)55-41(50)44-32-20-18-31(19-21-32)30-16-14-13-15-17-30/h13-21,25-29,33-38,40,47-48,51-52H,12,22-24H2,1-11H3,(H,44,50)/t25-,26-,27+,28-,29-,33+,34-,35-,36+,37-,38-,40+,42-,43-/m1/s1. The molecule has 5 N–H and O–H groups in total. The predicted molar refractivity (Wildman–Crippen MR) is 215 cm³/mol. The molecular formula is C43H67N3O10. The molecule has 1 amide bonds. The zero-order valence-electron chi connectivity index (χ0n) is 35.1. The minimum absolute atomic E-state index is 0.178. The number of hydrogen-bond donors (Lipinski definition) is 5. The minimum atomic E-state index is -1.84. The molecule has 2 heterocycles. The molecule has 0 aromatic heterocycles. The monoisotopic (exact) mass is 785 g/mol. The second kappa shape index (κ2) is 19.1. The smallest absolute Gasteiger partial charge is 0.411 e. The van der Waals surface area contributed by atoms with Crippen molar-refractivity contribution in [1.29, 1.82) is 0 Å². The van der Waals surface area contributed by atoms with Gasteiger partial charge in [0.2, 0.25) is 0 Å². The number of ether oxygens (including phenoxy) is 4. The molecule has 0 unspecified atom stereocenters. The normalized spacial score (nSPS) is 38.2. The van der Waals surface area contributed by atoms with Crippen molar-refractivity contribution >= 4 is 17.7 Å². The third-order valence-electron chi connectivity index (χ3n) is 11.9. The molecule has 0 spiro atoms. The summed E-state index contributed by atoms with van der Waals surface area (Å²) in [6.07, 6.45) is -7.23. The average Bonchev–Trinajstić information content (AvgIpc) is 3.14. The Morgan fingerprint density at radius 1 is 0.982 bits per heavy atom. The van der Waals surface area contributed by atoms with Crippen LogP contribution in [0.5, 0.6) is 0 Å². The van der Waals surface area contributed by atoms with Crippen LogP contribution in [0.15, 0.2) is 54.6 Å². The van der Waals surface area contributed by atoms with Crippen molar-refractivity contribution in [3.8, 4) is 11.1 Å². The summed E-state index contributed by atoms with van der Waals surface area (Å²) >= 11 is 0. The molecule has 0 aliphatic carbocycles. The van der Waals surface area contributed by atoms with Gasteiger partial charge in [0, 0.05) is 30.2 Å². The molecule has 2 fully saturated rings. The number of aliphatic hydroxyl groups excluding tert-OH is 2. The molecule has 4 rings (SSSR count). The molecule has 14 atom stereocenters. The van der Waals surface area contributed by atoms with Crippen LogP contribution in [-0.2, 0) is 23.7 Å². The Hall–Kier alpha value is -3.14. The van der Waals surface area contributed by atoms with Crippen LogP contribution < -0.4 is 5.32 Å². The molecular weight excluding hydrogens is 718 g/mol. The lowest BCUT2D eigenvalue weighted by Gasteiger charge is -2.47. The first kappa shape index (κ1) is 45.6. The largest absolute Gasteiger partial charge is 0.459 e. The summed E-state index contributed by atoms with van der Waals surface area (Å²) in [6.45, 7) is 14.2. The quantitative estimate of drug-likeness (QED) is 0.241. The van der Waals surface area contributed by atoms with Gasteiger partial charge in [0.05, 0.1) is 23.7 Å². The van der Waals surface area contributed by atoms with E-state index in [1.807, 2.05) is 87.3 Å². The van der Waals surface area contributed by atoms with Crippen molar-refractivity contribution in [3.63, 3.8) is 0 Å². The molecule has 2 saturated heterocycles. The molecule has 2 aliphatic heterocycles. The molecule has 2 aliphatic rings. The van der Waals surface area contributed by atoms with E-state index >= 15 is 0 Å². The summed E-state index contributed by atoms with van der Waals surface area (Å²) in [6, 6.07) is 16.2. The molecule has 2 aromatic carbocycles. The summed E-state index contributed by atoms with van der Waals surface area (Å²) in [5.41, 5.74) is -1.02. The number of aliphatic hydroxyl groups is 4. The number of nitrogens with one attached hydrogen (secondary N) is 1. The van der Waals surface area contributed by atoms with Crippen molar-refractivity contribution in [2.45, 2.75) is 141 Å². The highest BCUT2D eigenvalue weighted by atomic mass is 16.7. The topological polar surface area (TPSA) is 170 Å². The van der Waals surface area contributed by atoms with Crippen LogP contribution in [0.2, 0.25) is 0 Å². The van der Waals surface area contributed by atoms with E-state index in [0.29, 0.717) is 18.7 Å². The fourth-order valence-corrected chi connectivity index (χ4v) is 8.58. The van der Waals surface area contributed by atoms with Crippen LogP contribution in [0, 0.1) is 17.8 Å². The molecule has 13 heteroatoms. The number of carbonyl (C=O) groups is 2. The van der Waals surface area contributed by atoms with Crippen LogP contribution in [0.1, 0.15) is 74.7 Å². The van der Waals surface area contributed by atoms with Gasteiger partial charge in [-0.1, -0.05) is 63.2 Å². The summed E-state index contributed by atoms with van der Waals surface area (Å²) in [4.78, 5) is 31.7. The van der Waals surface area contributed by atoms with Crippen LogP contribution in [0.4, 0.5) is 10.5 Å². The Morgan fingerprint density at radius 3 is 2.18 bits per heavy atom. The van der Waals surface area contributed by atoms with Crippen molar-refractivity contribution in [2.75, 3.05) is 33.0 Å². The first-order valence-corrected chi connectivity index (χ1v) is 20.0. The second-order valence-corrected chi connectivity index (χ2v) is 17.1. The number of nitrogens with zero attached hydrogens (tertiary/aromatic N) is 2. The maximum atomic E-state index is 14.1. The number of cyclic esters (lactones) is 1.